The van der Waals surface area contributed by atoms with Gasteiger partial charge in [0.05, 0.1) is 12.1 Å². The number of hydrogen-bond donors (Lipinski definition) is 0. The van der Waals surface area contributed by atoms with Gasteiger partial charge >= 0.3 is 7.82 Å². The maximum absolute atomic E-state index is 11.9. The first-order valence-corrected chi connectivity index (χ1v) is 6.81. The van der Waals surface area contributed by atoms with Crippen LogP contribution in [0.2, 0.25) is 0 Å². The lowest BCUT2D eigenvalue weighted by atomic mass is 9.92. The molecular formula is C8H16BO6P. The molecule has 5 atom stereocenters. The van der Waals surface area contributed by atoms with Gasteiger partial charge < -0.3 is 9.47 Å². The normalized spacial score (nSPS) is 48.6. The Hall–Kier alpha value is 0.0949. The van der Waals surface area contributed by atoms with Gasteiger partial charge in [0.15, 0.2) is 6.79 Å². The molecule has 0 saturated carbocycles. The molecule has 2 aliphatic heterocycles. The Labute approximate surface area is 95.6 Å². The fourth-order valence-electron chi connectivity index (χ4n) is 2.04. The Morgan fingerprint density at radius 3 is 2.88 bits per heavy atom. The van der Waals surface area contributed by atoms with Crippen molar-refractivity contribution in [2.24, 2.45) is 0 Å². The van der Waals surface area contributed by atoms with E-state index >= 15 is 0 Å². The highest BCUT2D eigenvalue weighted by Crippen LogP contribution is 2.53. The van der Waals surface area contributed by atoms with Crippen LogP contribution in [-0.2, 0) is 27.6 Å². The van der Waals surface area contributed by atoms with Gasteiger partial charge in [0.1, 0.15) is 20.1 Å². The Morgan fingerprint density at radius 1 is 1.50 bits per heavy atom. The van der Waals surface area contributed by atoms with Crippen molar-refractivity contribution < 1.29 is 27.6 Å². The molecule has 6 nitrogen and oxygen atoms in total. The van der Waals surface area contributed by atoms with Crippen LogP contribution in [-0.4, -0.2) is 46.1 Å². The highest BCUT2D eigenvalue weighted by molar-refractivity contribution is 7.48. The van der Waals surface area contributed by atoms with Gasteiger partial charge in [-0.05, 0) is 6.42 Å². The summed E-state index contributed by atoms with van der Waals surface area (Å²) in [6.45, 7) is 1.88. The Kier molecular flexibility index (Phi) is 3.73. The molecule has 2 rings (SSSR count). The number of ether oxygens (including phenoxy) is 2. The van der Waals surface area contributed by atoms with Gasteiger partial charge in [0, 0.05) is 7.11 Å². The number of hydrogen-bond acceptors (Lipinski definition) is 6. The van der Waals surface area contributed by atoms with Crippen molar-refractivity contribution in [2.75, 3.05) is 13.9 Å². The zero-order valence-electron chi connectivity index (χ0n) is 9.62. The second kappa shape index (κ2) is 4.76. The third kappa shape index (κ3) is 2.21. The minimum absolute atomic E-state index is 0.0954. The number of fused-ring (bicyclic) bond motifs is 1. The van der Waals surface area contributed by atoms with Crippen molar-refractivity contribution >= 4 is 15.7 Å². The van der Waals surface area contributed by atoms with Gasteiger partial charge in [-0.25, -0.2) is 4.57 Å². The maximum atomic E-state index is 11.9. The first-order valence-electron chi connectivity index (χ1n) is 5.35. The van der Waals surface area contributed by atoms with E-state index in [0.29, 0.717) is 0 Å². The smallest absolute Gasteiger partial charge is 0.378 e. The predicted octanol–water partition coefficient (Wildman–Crippen LogP) is 0.267. The van der Waals surface area contributed by atoms with Crippen LogP contribution in [0.1, 0.15) is 13.3 Å². The maximum Gasteiger partial charge on any atom is 0.477 e. The third-order valence-electron chi connectivity index (χ3n) is 2.89. The van der Waals surface area contributed by atoms with Crippen LogP contribution < -0.4 is 0 Å². The molecule has 16 heavy (non-hydrogen) atoms. The Balaban J connectivity index is 2.18. The lowest BCUT2D eigenvalue weighted by molar-refractivity contribution is -0.0484. The fourth-order valence-corrected chi connectivity index (χ4v) is 3.04. The van der Waals surface area contributed by atoms with E-state index in [-0.39, 0.29) is 25.0 Å². The first kappa shape index (κ1) is 12.5. The van der Waals surface area contributed by atoms with Crippen molar-refractivity contribution in [3.63, 3.8) is 0 Å². The number of phosphoric ester groups is 1. The lowest BCUT2D eigenvalue weighted by Gasteiger charge is -2.21. The average Bonchev–Trinajstić information content (AvgIpc) is 2.48. The number of phosphoric acid groups is 1. The van der Waals surface area contributed by atoms with E-state index in [1.807, 2.05) is 14.8 Å². The van der Waals surface area contributed by atoms with E-state index in [9.17, 15) is 4.57 Å². The van der Waals surface area contributed by atoms with Crippen molar-refractivity contribution in [1.82, 2.24) is 0 Å². The van der Waals surface area contributed by atoms with Gasteiger partial charge in [-0.1, -0.05) is 6.92 Å². The summed E-state index contributed by atoms with van der Waals surface area (Å²) < 4.78 is 38.2. The summed E-state index contributed by atoms with van der Waals surface area (Å²) in [6, 6.07) is -0.0954. The van der Waals surface area contributed by atoms with E-state index in [0.717, 1.165) is 6.42 Å². The predicted molar refractivity (Wildman–Crippen MR) is 57.8 cm³/mol. The molecule has 0 amide bonds. The van der Waals surface area contributed by atoms with Crippen LogP contribution in [0.4, 0.5) is 0 Å². The summed E-state index contributed by atoms with van der Waals surface area (Å²) in [5.74, 6) is 0. The lowest BCUT2D eigenvalue weighted by Crippen LogP contribution is -2.35. The Bertz CT molecular complexity index is 300. The average molecular weight is 250 g/mol. The molecule has 8 heteroatoms. The largest absolute Gasteiger partial charge is 0.477 e. The molecule has 0 aliphatic carbocycles. The van der Waals surface area contributed by atoms with Crippen molar-refractivity contribution in [3.05, 3.63) is 0 Å². The van der Waals surface area contributed by atoms with Crippen LogP contribution in [0.5, 0.6) is 0 Å². The summed E-state index contributed by atoms with van der Waals surface area (Å²) in [7, 11) is -0.294. The molecule has 2 aliphatic rings. The molecular weight excluding hydrogens is 234 g/mol. The highest BCUT2D eigenvalue weighted by atomic mass is 31.2. The highest BCUT2D eigenvalue weighted by Gasteiger charge is 2.49. The zero-order valence-corrected chi connectivity index (χ0v) is 10.5. The summed E-state index contributed by atoms with van der Waals surface area (Å²) in [5.41, 5.74) is 0. The quantitative estimate of drug-likeness (QED) is 0.517. The van der Waals surface area contributed by atoms with Crippen LogP contribution >= 0.6 is 7.82 Å². The van der Waals surface area contributed by atoms with Gasteiger partial charge in [0.25, 0.3) is 0 Å². The van der Waals surface area contributed by atoms with Crippen LogP contribution in [0, 0.1) is 0 Å². The fraction of sp³-hybridized carbons (Fsp3) is 1.00. The van der Waals surface area contributed by atoms with Crippen LogP contribution in [0.25, 0.3) is 0 Å². The molecule has 0 spiro atoms. The molecule has 0 aromatic heterocycles. The van der Waals surface area contributed by atoms with Crippen molar-refractivity contribution in [2.45, 2.75) is 37.7 Å². The summed E-state index contributed by atoms with van der Waals surface area (Å²) in [6.07, 6.45) is -0.0205. The van der Waals surface area contributed by atoms with Gasteiger partial charge in [-0.3, -0.25) is 13.6 Å². The third-order valence-corrected chi connectivity index (χ3v) is 4.26. The molecule has 0 radical (unpaired) electrons. The van der Waals surface area contributed by atoms with E-state index in [2.05, 4.69) is 0 Å². The summed E-state index contributed by atoms with van der Waals surface area (Å²) in [4.78, 5) is 0. The van der Waals surface area contributed by atoms with E-state index in [1.165, 1.54) is 7.11 Å². The molecule has 2 fully saturated rings. The molecule has 2 saturated heterocycles. The van der Waals surface area contributed by atoms with Crippen molar-refractivity contribution in [3.8, 4) is 0 Å². The standard InChI is InChI=1S/C8H16BO6P/c1-3-5-6-7(8(9)14-5)12-4-13-16(10,11-2)15-6/h5-8H,3-4,9H2,1-2H3/t5-,6?,7+,8-,16?/m1/s1. The van der Waals surface area contributed by atoms with Gasteiger partial charge in [0.2, 0.25) is 0 Å². The second-order valence-corrected chi connectivity index (χ2v) is 5.59. The van der Waals surface area contributed by atoms with E-state index in [4.69, 9.17) is 23.0 Å². The van der Waals surface area contributed by atoms with E-state index in [1.54, 1.807) is 0 Å². The molecule has 2 heterocycles. The molecule has 92 valence electrons. The summed E-state index contributed by atoms with van der Waals surface area (Å²) in [5, 5.41) is 0. The second-order valence-electron chi connectivity index (χ2n) is 3.87. The topological polar surface area (TPSA) is 63.2 Å². The van der Waals surface area contributed by atoms with Gasteiger partial charge in [-0.15, -0.1) is 0 Å². The molecule has 0 aromatic carbocycles. The summed E-state index contributed by atoms with van der Waals surface area (Å²) >= 11 is 0. The molecule has 2 unspecified atom stereocenters. The molecule has 0 bridgehead atoms. The minimum Gasteiger partial charge on any atom is -0.378 e. The van der Waals surface area contributed by atoms with E-state index < -0.39 is 13.9 Å². The minimum atomic E-state index is -3.49. The SMILES string of the molecule is B[C@@H]1O[C@H](CC)C2OP(=O)(OC)OCO[C@@H]21. The van der Waals surface area contributed by atoms with Crippen LogP contribution in [0.15, 0.2) is 0 Å². The zero-order chi connectivity index (χ0) is 11.8. The van der Waals surface area contributed by atoms with Crippen LogP contribution in [0.3, 0.4) is 0 Å². The van der Waals surface area contributed by atoms with Gasteiger partial charge in [-0.2, -0.15) is 0 Å². The number of rotatable bonds is 2. The monoisotopic (exact) mass is 250 g/mol. The Morgan fingerprint density at radius 2 is 2.25 bits per heavy atom. The first-order chi connectivity index (χ1) is 7.59. The molecule has 0 N–H and O–H groups in total. The van der Waals surface area contributed by atoms with Crippen molar-refractivity contribution in [1.29, 1.82) is 0 Å². The molecule has 0 aromatic rings.